The maximum atomic E-state index is 13.1. The number of piperidine rings is 2. The van der Waals surface area contributed by atoms with Crippen molar-refractivity contribution in [2.24, 2.45) is 5.92 Å². The number of allylic oxidation sites excluding steroid dienone is 2. The Morgan fingerprint density at radius 1 is 1.05 bits per heavy atom. The predicted molar refractivity (Wildman–Crippen MR) is 144 cm³/mol. The first-order valence-corrected chi connectivity index (χ1v) is 14.2. The zero-order valence-corrected chi connectivity index (χ0v) is 22.8. The molecule has 2 unspecified atom stereocenters. The fraction of sp³-hybridized carbons (Fsp3) is 0.581. The van der Waals surface area contributed by atoms with Crippen molar-refractivity contribution in [3.05, 3.63) is 58.4 Å². The molecule has 0 aromatic heterocycles. The van der Waals surface area contributed by atoms with Gasteiger partial charge >= 0.3 is 0 Å². The van der Waals surface area contributed by atoms with Crippen molar-refractivity contribution in [1.82, 2.24) is 15.1 Å². The van der Waals surface area contributed by atoms with Crippen LogP contribution in [0.4, 0.5) is 0 Å². The summed E-state index contributed by atoms with van der Waals surface area (Å²) in [5.41, 5.74) is 4.26. The van der Waals surface area contributed by atoms with Crippen LogP contribution in [0.3, 0.4) is 0 Å². The van der Waals surface area contributed by atoms with E-state index >= 15 is 0 Å². The molecular weight excluding hydrogens is 478 g/mol. The molecule has 3 saturated heterocycles. The van der Waals surface area contributed by atoms with E-state index < -0.39 is 6.04 Å². The van der Waals surface area contributed by atoms with E-state index in [0.717, 1.165) is 50.9 Å². The molecule has 202 valence electrons. The predicted octanol–water partition coefficient (Wildman–Crippen LogP) is 4.22. The average molecular weight is 518 g/mol. The molecule has 5 aliphatic rings. The second kappa shape index (κ2) is 9.37. The second-order valence-electron chi connectivity index (χ2n) is 12.7. The minimum Gasteiger partial charge on any atom is -0.492 e. The summed E-state index contributed by atoms with van der Waals surface area (Å²) in [7, 11) is 0. The fourth-order valence-corrected chi connectivity index (χ4v) is 6.91. The Balaban J connectivity index is 1.13. The van der Waals surface area contributed by atoms with Gasteiger partial charge in [0.25, 0.3) is 5.91 Å². The monoisotopic (exact) mass is 517 g/mol. The number of imide groups is 1. The maximum absolute atomic E-state index is 13.1. The zero-order valence-electron chi connectivity index (χ0n) is 22.8. The third kappa shape index (κ3) is 4.59. The third-order valence-corrected chi connectivity index (χ3v) is 9.48. The van der Waals surface area contributed by atoms with Gasteiger partial charge in [0, 0.05) is 36.6 Å². The van der Waals surface area contributed by atoms with Crippen LogP contribution in [0.25, 0.3) is 0 Å². The SMILES string of the molecule is CC1(C)CCC2CC=CC(CN3CCC(C)(c4ccc5c(c4)CN(C4CCC(=O)NC4=O)C5=O)CC3)=C2O1. The van der Waals surface area contributed by atoms with Crippen molar-refractivity contribution in [2.45, 2.75) is 89.3 Å². The van der Waals surface area contributed by atoms with Crippen LogP contribution >= 0.6 is 0 Å². The number of amides is 3. The van der Waals surface area contributed by atoms with Gasteiger partial charge in [0.15, 0.2) is 0 Å². The van der Waals surface area contributed by atoms with Gasteiger partial charge in [-0.2, -0.15) is 0 Å². The summed E-state index contributed by atoms with van der Waals surface area (Å²) in [5.74, 6) is 1.03. The van der Waals surface area contributed by atoms with Crippen molar-refractivity contribution in [1.29, 1.82) is 0 Å². The lowest BCUT2D eigenvalue weighted by Crippen LogP contribution is -2.52. The fourth-order valence-electron chi connectivity index (χ4n) is 6.91. The summed E-state index contributed by atoms with van der Waals surface area (Å²) < 4.78 is 6.49. The van der Waals surface area contributed by atoms with Crippen LogP contribution in [0, 0.1) is 5.92 Å². The third-order valence-electron chi connectivity index (χ3n) is 9.48. The number of hydrogen-bond acceptors (Lipinski definition) is 5. The van der Waals surface area contributed by atoms with Gasteiger partial charge in [-0.25, -0.2) is 0 Å². The highest BCUT2D eigenvalue weighted by Gasteiger charge is 2.41. The first kappa shape index (κ1) is 25.4. The lowest BCUT2D eigenvalue weighted by atomic mass is 9.74. The van der Waals surface area contributed by atoms with Gasteiger partial charge in [0.2, 0.25) is 11.8 Å². The normalized spacial score (nSPS) is 28.6. The van der Waals surface area contributed by atoms with E-state index in [0.29, 0.717) is 24.4 Å². The Hall–Kier alpha value is -2.93. The Morgan fingerprint density at radius 3 is 2.61 bits per heavy atom. The first-order chi connectivity index (χ1) is 18.1. The van der Waals surface area contributed by atoms with Gasteiger partial charge in [0.1, 0.15) is 17.4 Å². The lowest BCUT2D eigenvalue weighted by Gasteiger charge is -2.42. The Kier molecular flexibility index (Phi) is 6.25. The van der Waals surface area contributed by atoms with Gasteiger partial charge in [-0.05, 0) is 88.1 Å². The summed E-state index contributed by atoms with van der Waals surface area (Å²) in [6, 6.07) is 5.67. The Bertz CT molecular complexity index is 1240. The molecule has 1 aliphatic carbocycles. The average Bonchev–Trinajstić information content (AvgIpc) is 3.21. The quantitative estimate of drug-likeness (QED) is 0.605. The number of rotatable bonds is 4. The molecule has 4 heterocycles. The molecule has 0 spiro atoms. The molecule has 0 bridgehead atoms. The number of nitrogens with one attached hydrogen (secondary N) is 1. The molecule has 38 heavy (non-hydrogen) atoms. The molecule has 1 aromatic carbocycles. The maximum Gasteiger partial charge on any atom is 0.255 e. The molecule has 2 atom stereocenters. The number of fused-ring (bicyclic) bond motifs is 2. The largest absolute Gasteiger partial charge is 0.492 e. The summed E-state index contributed by atoms with van der Waals surface area (Å²) in [6.45, 7) is 10.2. The van der Waals surface area contributed by atoms with Crippen LogP contribution in [-0.4, -0.2) is 58.8 Å². The van der Waals surface area contributed by atoms with Crippen molar-refractivity contribution >= 4 is 17.7 Å². The molecule has 1 N–H and O–H groups in total. The minimum absolute atomic E-state index is 0.0444. The topological polar surface area (TPSA) is 79.0 Å². The van der Waals surface area contributed by atoms with E-state index in [4.69, 9.17) is 4.74 Å². The van der Waals surface area contributed by atoms with Crippen LogP contribution < -0.4 is 5.32 Å². The molecule has 7 heteroatoms. The summed E-state index contributed by atoms with van der Waals surface area (Å²) in [6.07, 6.45) is 10.8. The van der Waals surface area contributed by atoms with Gasteiger partial charge in [-0.3, -0.25) is 24.6 Å². The summed E-state index contributed by atoms with van der Waals surface area (Å²) in [4.78, 5) is 41.2. The number of carbonyl (C=O) groups excluding carboxylic acids is 3. The Morgan fingerprint density at radius 2 is 1.84 bits per heavy atom. The van der Waals surface area contributed by atoms with Crippen molar-refractivity contribution in [2.75, 3.05) is 19.6 Å². The summed E-state index contributed by atoms with van der Waals surface area (Å²) in [5, 5.41) is 2.38. The van der Waals surface area contributed by atoms with Gasteiger partial charge in [0.05, 0.1) is 0 Å². The standard InChI is InChI=1S/C31H39N3O4/c1-30(2)12-11-20-5-4-6-21(27(20)38-30)18-33-15-13-31(3,14-16-33)23-7-8-24-22(17-23)19-34(29(24)37)25-9-10-26(35)32-28(25)36/h4,6-8,17,20,25H,5,9-16,18-19H2,1-3H3,(H,32,35,36). The van der Waals surface area contributed by atoms with Crippen molar-refractivity contribution in [3.8, 4) is 0 Å². The number of hydrogen-bond donors (Lipinski definition) is 1. The van der Waals surface area contributed by atoms with E-state index in [1.54, 1.807) is 4.90 Å². The molecular formula is C31H39N3O4. The number of carbonyl (C=O) groups is 3. The minimum atomic E-state index is -0.572. The van der Waals surface area contributed by atoms with E-state index in [2.05, 4.69) is 55.3 Å². The highest BCUT2D eigenvalue weighted by Crippen LogP contribution is 2.42. The van der Waals surface area contributed by atoms with Gasteiger partial charge in [-0.1, -0.05) is 31.2 Å². The van der Waals surface area contributed by atoms with Crippen LogP contribution in [0.2, 0.25) is 0 Å². The second-order valence-corrected chi connectivity index (χ2v) is 12.7. The molecule has 1 aromatic rings. The number of likely N-dealkylation sites (tertiary alicyclic amines) is 1. The number of nitrogens with zero attached hydrogens (tertiary/aromatic N) is 2. The smallest absolute Gasteiger partial charge is 0.255 e. The highest BCUT2D eigenvalue weighted by molar-refractivity contribution is 6.05. The van der Waals surface area contributed by atoms with Gasteiger partial charge < -0.3 is 9.64 Å². The Labute approximate surface area is 225 Å². The van der Waals surface area contributed by atoms with Crippen molar-refractivity contribution in [3.63, 3.8) is 0 Å². The molecule has 7 nitrogen and oxygen atoms in total. The first-order valence-electron chi connectivity index (χ1n) is 14.2. The van der Waals surface area contributed by atoms with Gasteiger partial charge in [-0.15, -0.1) is 0 Å². The molecule has 6 rings (SSSR count). The molecule has 3 amide bonds. The number of ether oxygens (including phenoxy) is 1. The zero-order chi connectivity index (χ0) is 26.7. The van der Waals surface area contributed by atoms with Crippen LogP contribution in [0.1, 0.15) is 87.2 Å². The van der Waals surface area contributed by atoms with Crippen LogP contribution in [0.5, 0.6) is 0 Å². The lowest BCUT2D eigenvalue weighted by molar-refractivity contribution is -0.136. The van der Waals surface area contributed by atoms with E-state index in [-0.39, 0.29) is 35.2 Å². The van der Waals surface area contributed by atoms with Crippen LogP contribution in [0.15, 0.2) is 41.7 Å². The van der Waals surface area contributed by atoms with E-state index in [1.807, 2.05) is 6.07 Å². The molecule has 0 radical (unpaired) electrons. The number of benzene rings is 1. The molecule has 3 fully saturated rings. The van der Waals surface area contributed by atoms with Crippen molar-refractivity contribution < 1.29 is 19.1 Å². The van der Waals surface area contributed by atoms with E-state index in [9.17, 15) is 14.4 Å². The summed E-state index contributed by atoms with van der Waals surface area (Å²) >= 11 is 0. The molecule has 4 aliphatic heterocycles. The van der Waals surface area contributed by atoms with E-state index in [1.165, 1.54) is 23.3 Å². The molecule has 0 saturated carbocycles. The highest BCUT2D eigenvalue weighted by atomic mass is 16.5. The van der Waals surface area contributed by atoms with Crippen LogP contribution in [-0.2, 0) is 26.3 Å².